The minimum absolute atomic E-state index is 0.0144. The topological polar surface area (TPSA) is 75.4 Å². The highest BCUT2D eigenvalue weighted by molar-refractivity contribution is 5.77. The van der Waals surface area contributed by atoms with E-state index >= 15 is 0 Å². The van der Waals surface area contributed by atoms with Crippen molar-refractivity contribution in [1.82, 2.24) is 14.7 Å². The number of hydrogen-bond donors (Lipinski definition) is 1. The molecule has 0 bridgehead atoms. The molecule has 1 aromatic rings. The van der Waals surface area contributed by atoms with Gasteiger partial charge in [-0.3, -0.25) is 14.3 Å². The van der Waals surface area contributed by atoms with Gasteiger partial charge in [0.1, 0.15) is 0 Å². The van der Waals surface area contributed by atoms with Gasteiger partial charge in [0.25, 0.3) is 0 Å². The molecule has 1 heterocycles. The molecule has 1 rings (SSSR count). The fourth-order valence-electron chi connectivity index (χ4n) is 1.93. The average molecular weight is 267 g/mol. The molecule has 0 saturated heterocycles. The SMILES string of the molecule is CN(Cc1cnn(C)c1)C(=O)CC(C)(C)CC(=O)O. The molecule has 0 saturated carbocycles. The number of carbonyl (C=O) groups excluding carboxylic acids is 1. The number of carboxylic acid groups (broad SMARTS) is 1. The standard InChI is InChI=1S/C13H21N3O3/c1-13(2,6-12(18)19)5-11(17)15(3)8-10-7-14-16(4)9-10/h7,9H,5-6,8H2,1-4H3,(H,18,19). The third-order valence-electron chi connectivity index (χ3n) is 2.86. The number of carboxylic acids is 1. The molecule has 0 radical (unpaired) electrons. The first kappa shape index (κ1) is 15.2. The van der Waals surface area contributed by atoms with Crippen LogP contribution in [0.4, 0.5) is 0 Å². The predicted molar refractivity (Wildman–Crippen MR) is 70.3 cm³/mol. The van der Waals surface area contributed by atoms with Gasteiger partial charge < -0.3 is 10.0 Å². The van der Waals surface area contributed by atoms with Gasteiger partial charge in [0, 0.05) is 38.8 Å². The third kappa shape index (κ3) is 5.11. The summed E-state index contributed by atoms with van der Waals surface area (Å²) < 4.78 is 1.68. The van der Waals surface area contributed by atoms with E-state index in [0.29, 0.717) is 6.54 Å². The summed E-state index contributed by atoms with van der Waals surface area (Å²) in [6.45, 7) is 4.06. The van der Waals surface area contributed by atoms with E-state index in [9.17, 15) is 9.59 Å². The molecular formula is C13H21N3O3. The largest absolute Gasteiger partial charge is 0.481 e. The molecule has 1 amide bonds. The van der Waals surface area contributed by atoms with Crippen LogP contribution in [0.3, 0.4) is 0 Å². The molecule has 106 valence electrons. The van der Waals surface area contributed by atoms with Crippen molar-refractivity contribution in [2.45, 2.75) is 33.2 Å². The summed E-state index contributed by atoms with van der Waals surface area (Å²) in [7, 11) is 3.54. The van der Waals surface area contributed by atoms with E-state index in [1.54, 1.807) is 36.7 Å². The van der Waals surface area contributed by atoms with Gasteiger partial charge in [0.15, 0.2) is 0 Å². The Balaban J connectivity index is 2.55. The number of aliphatic carboxylic acids is 1. The monoisotopic (exact) mass is 267 g/mol. The zero-order valence-corrected chi connectivity index (χ0v) is 11.9. The van der Waals surface area contributed by atoms with Crippen LogP contribution in [0.15, 0.2) is 12.4 Å². The second kappa shape index (κ2) is 5.86. The maximum Gasteiger partial charge on any atom is 0.303 e. The molecule has 0 aliphatic carbocycles. The number of aryl methyl sites for hydroxylation is 1. The molecule has 0 aromatic carbocycles. The van der Waals surface area contributed by atoms with Gasteiger partial charge >= 0.3 is 5.97 Å². The number of nitrogens with zero attached hydrogens (tertiary/aromatic N) is 3. The highest BCUT2D eigenvalue weighted by atomic mass is 16.4. The lowest BCUT2D eigenvalue weighted by molar-refractivity contribution is -0.140. The smallest absolute Gasteiger partial charge is 0.303 e. The van der Waals surface area contributed by atoms with E-state index in [0.717, 1.165) is 5.56 Å². The van der Waals surface area contributed by atoms with E-state index in [4.69, 9.17) is 5.11 Å². The van der Waals surface area contributed by atoms with E-state index in [1.165, 1.54) is 0 Å². The van der Waals surface area contributed by atoms with Gasteiger partial charge in [0.2, 0.25) is 5.91 Å². The van der Waals surface area contributed by atoms with Crippen LogP contribution in [0.25, 0.3) is 0 Å². The van der Waals surface area contributed by atoms with Crippen molar-refractivity contribution >= 4 is 11.9 Å². The molecule has 19 heavy (non-hydrogen) atoms. The summed E-state index contributed by atoms with van der Waals surface area (Å²) in [5.41, 5.74) is 0.418. The molecule has 0 unspecified atom stereocenters. The Labute approximate surface area is 113 Å². The summed E-state index contributed by atoms with van der Waals surface area (Å²) in [4.78, 5) is 24.4. The van der Waals surface area contributed by atoms with Crippen LogP contribution in [-0.2, 0) is 23.2 Å². The lowest BCUT2D eigenvalue weighted by Gasteiger charge is -2.25. The molecule has 0 aliphatic rings. The summed E-state index contributed by atoms with van der Waals surface area (Å²) in [6, 6.07) is 0. The average Bonchev–Trinajstić information content (AvgIpc) is 2.60. The quantitative estimate of drug-likeness (QED) is 0.842. The molecule has 1 aromatic heterocycles. The Morgan fingerprint density at radius 2 is 2.05 bits per heavy atom. The van der Waals surface area contributed by atoms with Gasteiger partial charge in [0.05, 0.1) is 12.6 Å². The van der Waals surface area contributed by atoms with Crippen LogP contribution in [0.2, 0.25) is 0 Å². The summed E-state index contributed by atoms with van der Waals surface area (Å²) in [5, 5.41) is 12.8. The van der Waals surface area contributed by atoms with Crippen molar-refractivity contribution in [2.24, 2.45) is 12.5 Å². The van der Waals surface area contributed by atoms with E-state index in [2.05, 4.69) is 5.10 Å². The number of amides is 1. The third-order valence-corrected chi connectivity index (χ3v) is 2.86. The van der Waals surface area contributed by atoms with Crippen LogP contribution < -0.4 is 0 Å². The fraction of sp³-hybridized carbons (Fsp3) is 0.615. The van der Waals surface area contributed by atoms with Crippen LogP contribution in [-0.4, -0.2) is 38.7 Å². The van der Waals surface area contributed by atoms with E-state index in [-0.39, 0.29) is 18.7 Å². The number of carbonyl (C=O) groups is 2. The number of hydrogen-bond acceptors (Lipinski definition) is 3. The maximum absolute atomic E-state index is 12.1. The van der Waals surface area contributed by atoms with Crippen LogP contribution in [0.1, 0.15) is 32.3 Å². The van der Waals surface area contributed by atoms with Crippen LogP contribution in [0.5, 0.6) is 0 Å². The normalized spacial score (nSPS) is 11.4. The van der Waals surface area contributed by atoms with Gasteiger partial charge in [-0.15, -0.1) is 0 Å². The molecule has 0 spiro atoms. The summed E-state index contributed by atoms with van der Waals surface area (Å²) in [6.07, 6.45) is 3.77. The molecule has 0 aliphatic heterocycles. The van der Waals surface area contributed by atoms with Crippen molar-refractivity contribution in [3.05, 3.63) is 18.0 Å². The van der Waals surface area contributed by atoms with Gasteiger partial charge in [-0.2, -0.15) is 5.10 Å². The van der Waals surface area contributed by atoms with E-state index in [1.807, 2.05) is 13.2 Å². The Hall–Kier alpha value is -1.85. The van der Waals surface area contributed by atoms with Crippen molar-refractivity contribution in [2.75, 3.05) is 7.05 Å². The minimum atomic E-state index is -0.882. The Bertz CT molecular complexity index is 465. The van der Waals surface area contributed by atoms with Gasteiger partial charge in [-0.1, -0.05) is 13.8 Å². The molecule has 6 nitrogen and oxygen atoms in total. The van der Waals surface area contributed by atoms with Crippen LogP contribution in [0, 0.1) is 5.41 Å². The first-order valence-corrected chi connectivity index (χ1v) is 6.13. The highest BCUT2D eigenvalue weighted by Gasteiger charge is 2.26. The summed E-state index contributed by atoms with van der Waals surface area (Å²) >= 11 is 0. The maximum atomic E-state index is 12.1. The lowest BCUT2D eigenvalue weighted by Crippen LogP contribution is -2.31. The van der Waals surface area contributed by atoms with Gasteiger partial charge in [-0.05, 0) is 5.41 Å². The molecular weight excluding hydrogens is 246 g/mol. The first-order valence-electron chi connectivity index (χ1n) is 6.13. The Morgan fingerprint density at radius 3 is 2.53 bits per heavy atom. The van der Waals surface area contributed by atoms with Crippen molar-refractivity contribution in [3.63, 3.8) is 0 Å². The molecule has 6 heteroatoms. The molecule has 1 N–H and O–H groups in total. The van der Waals surface area contributed by atoms with Crippen LogP contribution >= 0.6 is 0 Å². The predicted octanol–water partition coefficient (Wildman–Crippen LogP) is 1.27. The van der Waals surface area contributed by atoms with Crippen molar-refractivity contribution < 1.29 is 14.7 Å². The zero-order chi connectivity index (χ0) is 14.6. The lowest BCUT2D eigenvalue weighted by atomic mass is 9.85. The second-order valence-corrected chi connectivity index (χ2v) is 5.68. The van der Waals surface area contributed by atoms with Crippen molar-refractivity contribution in [1.29, 1.82) is 0 Å². The first-order chi connectivity index (χ1) is 8.69. The number of aromatic nitrogens is 2. The Morgan fingerprint density at radius 1 is 1.42 bits per heavy atom. The van der Waals surface area contributed by atoms with E-state index < -0.39 is 11.4 Å². The molecule has 0 atom stereocenters. The fourth-order valence-corrected chi connectivity index (χ4v) is 1.93. The second-order valence-electron chi connectivity index (χ2n) is 5.68. The Kier molecular flexibility index (Phi) is 4.69. The molecule has 0 fully saturated rings. The van der Waals surface area contributed by atoms with Crippen molar-refractivity contribution in [3.8, 4) is 0 Å². The minimum Gasteiger partial charge on any atom is -0.481 e. The summed E-state index contributed by atoms with van der Waals surface area (Å²) in [5.74, 6) is -0.942. The van der Waals surface area contributed by atoms with Gasteiger partial charge in [-0.25, -0.2) is 0 Å². The number of rotatable bonds is 6. The highest BCUT2D eigenvalue weighted by Crippen LogP contribution is 2.26. The zero-order valence-electron chi connectivity index (χ0n) is 11.9.